The van der Waals surface area contributed by atoms with Gasteiger partial charge in [-0.3, -0.25) is 9.59 Å². The number of nitrogens with one attached hydrogen (secondary N) is 1. The molecule has 1 amide bonds. The van der Waals surface area contributed by atoms with Crippen molar-refractivity contribution in [1.29, 1.82) is 0 Å². The standard InChI is InChI=1S/C30H28ClFN4O5S/c1-2-42(40,41)25-6-4-3-5-21(25)27-22(30(38)39)12-14-36(27)29(37)26(23-16-18(31)7-10-24(23)32)35-19-8-9-20-17(15-19)11-13-34-28(20)33/h3-11,13,15-16,22,26-27,35H,2,12,14H2,1H3,(H2,33,34)(H,38,39). The second-order valence-electron chi connectivity index (χ2n) is 10.0. The number of aliphatic carboxylic acids is 1. The zero-order chi connectivity index (χ0) is 30.2. The number of fused-ring (bicyclic) bond motifs is 1. The number of carbonyl (C=O) groups is 2. The number of anilines is 2. The van der Waals surface area contributed by atoms with E-state index >= 15 is 4.39 Å². The molecule has 1 fully saturated rings. The van der Waals surface area contributed by atoms with E-state index in [1.54, 1.807) is 42.6 Å². The number of halogens is 2. The van der Waals surface area contributed by atoms with E-state index in [9.17, 15) is 23.1 Å². The van der Waals surface area contributed by atoms with Crippen molar-refractivity contribution in [1.82, 2.24) is 9.88 Å². The molecule has 1 aromatic heterocycles. The molecule has 9 nitrogen and oxygen atoms in total. The Morgan fingerprint density at radius 3 is 2.67 bits per heavy atom. The van der Waals surface area contributed by atoms with Crippen molar-refractivity contribution in [2.45, 2.75) is 30.3 Å². The molecule has 4 aromatic rings. The quantitative estimate of drug-likeness (QED) is 0.246. The number of carboxylic acids is 1. The summed E-state index contributed by atoms with van der Waals surface area (Å²) in [5.74, 6) is -3.46. The highest BCUT2D eigenvalue weighted by molar-refractivity contribution is 7.91. The highest BCUT2D eigenvalue weighted by atomic mass is 35.5. The van der Waals surface area contributed by atoms with Gasteiger partial charge in [-0.05, 0) is 65.9 Å². The number of hydrogen-bond acceptors (Lipinski definition) is 7. The van der Waals surface area contributed by atoms with E-state index in [2.05, 4.69) is 10.3 Å². The van der Waals surface area contributed by atoms with Crippen LogP contribution < -0.4 is 11.1 Å². The summed E-state index contributed by atoms with van der Waals surface area (Å²) >= 11 is 6.22. The topological polar surface area (TPSA) is 143 Å². The molecule has 0 bridgehead atoms. The number of nitrogens with two attached hydrogens (primary N) is 1. The van der Waals surface area contributed by atoms with Gasteiger partial charge < -0.3 is 21.1 Å². The Morgan fingerprint density at radius 1 is 1.17 bits per heavy atom. The lowest BCUT2D eigenvalue weighted by Crippen LogP contribution is -2.40. The number of aromatic nitrogens is 1. The Kier molecular flexibility index (Phi) is 8.07. The normalized spacial score (nSPS) is 17.7. The van der Waals surface area contributed by atoms with Crippen LogP contribution in [0.5, 0.6) is 0 Å². The number of sulfone groups is 1. The fourth-order valence-corrected chi connectivity index (χ4v) is 6.80. The van der Waals surface area contributed by atoms with Gasteiger partial charge in [-0.1, -0.05) is 36.7 Å². The summed E-state index contributed by atoms with van der Waals surface area (Å²) in [5.41, 5.74) is 6.60. The first kappa shape index (κ1) is 29.3. The van der Waals surface area contributed by atoms with E-state index in [0.29, 0.717) is 16.9 Å². The molecule has 1 aliphatic rings. The van der Waals surface area contributed by atoms with Gasteiger partial charge in [0.25, 0.3) is 0 Å². The van der Waals surface area contributed by atoms with Crippen molar-refractivity contribution in [2.75, 3.05) is 23.3 Å². The van der Waals surface area contributed by atoms with Crippen molar-refractivity contribution in [2.24, 2.45) is 5.92 Å². The first-order valence-corrected chi connectivity index (χ1v) is 15.3. The number of rotatable bonds is 8. The van der Waals surface area contributed by atoms with Crippen molar-refractivity contribution in [3.05, 3.63) is 94.9 Å². The molecule has 3 unspecified atom stereocenters. The van der Waals surface area contributed by atoms with Gasteiger partial charge in [-0.15, -0.1) is 0 Å². The number of likely N-dealkylation sites (tertiary alicyclic amines) is 1. The van der Waals surface area contributed by atoms with Crippen molar-refractivity contribution < 1.29 is 27.5 Å². The van der Waals surface area contributed by atoms with E-state index in [4.69, 9.17) is 17.3 Å². The minimum Gasteiger partial charge on any atom is -0.481 e. The number of benzene rings is 3. The van der Waals surface area contributed by atoms with Gasteiger partial charge in [0.15, 0.2) is 9.84 Å². The number of hydrogen-bond donors (Lipinski definition) is 3. The van der Waals surface area contributed by atoms with E-state index in [1.165, 1.54) is 36.1 Å². The number of amides is 1. The third-order valence-corrected chi connectivity index (χ3v) is 9.61. The predicted octanol–water partition coefficient (Wildman–Crippen LogP) is 5.23. The van der Waals surface area contributed by atoms with Crippen molar-refractivity contribution >= 4 is 55.6 Å². The van der Waals surface area contributed by atoms with Gasteiger partial charge in [0.1, 0.15) is 17.7 Å². The molecule has 1 aliphatic heterocycles. The summed E-state index contributed by atoms with van der Waals surface area (Å²) in [7, 11) is -3.76. The number of pyridine rings is 1. The summed E-state index contributed by atoms with van der Waals surface area (Å²) in [6.45, 7) is 1.51. The molecule has 3 atom stereocenters. The molecule has 2 heterocycles. The lowest BCUT2D eigenvalue weighted by molar-refractivity contribution is -0.143. The summed E-state index contributed by atoms with van der Waals surface area (Å²) in [4.78, 5) is 32.1. The average molecular weight is 611 g/mol. The molecule has 0 radical (unpaired) electrons. The maximum atomic E-state index is 15.3. The van der Waals surface area contributed by atoms with E-state index in [1.807, 2.05) is 0 Å². The molecule has 4 N–H and O–H groups in total. The van der Waals surface area contributed by atoms with Crippen LogP contribution in [-0.2, 0) is 19.4 Å². The monoisotopic (exact) mass is 610 g/mol. The minimum absolute atomic E-state index is 0.0151. The third kappa shape index (κ3) is 5.49. The Balaban J connectivity index is 1.62. The predicted molar refractivity (Wildman–Crippen MR) is 158 cm³/mol. The fourth-order valence-electron chi connectivity index (χ4n) is 5.48. The van der Waals surface area contributed by atoms with E-state index < -0.39 is 45.5 Å². The number of carboxylic acid groups (broad SMARTS) is 1. The number of nitrogens with zero attached hydrogens (tertiary/aromatic N) is 2. The molecular weight excluding hydrogens is 583 g/mol. The fraction of sp³-hybridized carbons (Fsp3) is 0.233. The highest BCUT2D eigenvalue weighted by Gasteiger charge is 2.46. The average Bonchev–Trinajstić information content (AvgIpc) is 3.43. The molecule has 218 valence electrons. The van der Waals surface area contributed by atoms with Crippen molar-refractivity contribution in [3.8, 4) is 0 Å². The van der Waals surface area contributed by atoms with Gasteiger partial charge >= 0.3 is 5.97 Å². The van der Waals surface area contributed by atoms with Gasteiger partial charge in [-0.2, -0.15) is 0 Å². The molecule has 0 spiro atoms. The Hall–Kier alpha value is -4.22. The largest absolute Gasteiger partial charge is 0.481 e. The van der Waals surface area contributed by atoms with Crippen LogP contribution >= 0.6 is 11.6 Å². The summed E-state index contributed by atoms with van der Waals surface area (Å²) < 4.78 is 41.3. The van der Waals surface area contributed by atoms with E-state index in [0.717, 1.165) is 11.5 Å². The van der Waals surface area contributed by atoms with Crippen molar-refractivity contribution in [3.63, 3.8) is 0 Å². The highest BCUT2D eigenvalue weighted by Crippen LogP contribution is 2.42. The third-order valence-electron chi connectivity index (χ3n) is 7.57. The summed E-state index contributed by atoms with van der Waals surface area (Å²) in [5, 5.41) is 14.8. The molecule has 42 heavy (non-hydrogen) atoms. The molecule has 0 saturated carbocycles. The molecule has 3 aromatic carbocycles. The Labute approximate surface area is 247 Å². The molecule has 0 aliphatic carbocycles. The van der Waals surface area contributed by atoms with Crippen LogP contribution in [-0.4, -0.2) is 47.6 Å². The SMILES string of the molecule is CCS(=O)(=O)c1ccccc1C1C(C(=O)O)CCN1C(=O)C(Nc1ccc2c(N)nccc2c1)c1cc(Cl)ccc1F. The van der Waals surface area contributed by atoms with Crippen LogP contribution in [0, 0.1) is 11.7 Å². The summed E-state index contributed by atoms with van der Waals surface area (Å²) in [6.07, 6.45) is 1.63. The Bertz CT molecular complexity index is 1800. The maximum Gasteiger partial charge on any atom is 0.309 e. The lowest BCUT2D eigenvalue weighted by Gasteiger charge is -2.32. The van der Waals surface area contributed by atoms with Crippen LogP contribution in [0.1, 0.15) is 36.6 Å². The summed E-state index contributed by atoms with van der Waals surface area (Å²) in [6, 6.07) is 14.4. The number of nitrogen functional groups attached to an aromatic ring is 1. The molecule has 12 heteroatoms. The van der Waals surface area contributed by atoms with Gasteiger partial charge in [0, 0.05) is 34.4 Å². The first-order chi connectivity index (χ1) is 20.0. The van der Waals surface area contributed by atoms with Gasteiger partial charge in [0.2, 0.25) is 5.91 Å². The lowest BCUT2D eigenvalue weighted by atomic mass is 9.93. The van der Waals surface area contributed by atoms with Crippen LogP contribution in [0.2, 0.25) is 5.02 Å². The smallest absolute Gasteiger partial charge is 0.309 e. The second-order valence-corrected chi connectivity index (χ2v) is 12.7. The molecular formula is C30H28ClFN4O5S. The van der Waals surface area contributed by atoms with Crippen LogP contribution in [0.15, 0.2) is 77.8 Å². The Morgan fingerprint density at radius 2 is 1.93 bits per heavy atom. The van der Waals surface area contributed by atoms with E-state index in [-0.39, 0.29) is 39.8 Å². The second kappa shape index (κ2) is 11.6. The minimum atomic E-state index is -3.76. The first-order valence-electron chi connectivity index (χ1n) is 13.2. The maximum absolute atomic E-state index is 15.3. The van der Waals surface area contributed by atoms with Crippen LogP contribution in [0.4, 0.5) is 15.9 Å². The van der Waals surface area contributed by atoms with Gasteiger partial charge in [0.05, 0.1) is 22.6 Å². The zero-order valence-electron chi connectivity index (χ0n) is 22.5. The zero-order valence-corrected chi connectivity index (χ0v) is 24.1. The van der Waals surface area contributed by atoms with Crippen LogP contribution in [0.25, 0.3) is 10.8 Å². The van der Waals surface area contributed by atoms with Crippen LogP contribution in [0.3, 0.4) is 0 Å². The number of carbonyl (C=O) groups excluding carboxylic acids is 1. The molecule has 5 rings (SSSR count). The van der Waals surface area contributed by atoms with Gasteiger partial charge in [-0.25, -0.2) is 17.8 Å². The molecule has 1 saturated heterocycles.